The maximum absolute atomic E-state index is 11.4. The monoisotopic (exact) mass is 199 g/mol. The molecule has 0 aliphatic rings. The van der Waals surface area contributed by atoms with Gasteiger partial charge in [-0.2, -0.15) is 12.6 Å². The summed E-state index contributed by atoms with van der Waals surface area (Å²) in [5.74, 6) is 1.97. The van der Waals surface area contributed by atoms with E-state index in [-0.39, 0.29) is 5.91 Å². The van der Waals surface area contributed by atoms with Gasteiger partial charge in [0.25, 0.3) is 0 Å². The normalized spacial score (nSPS) is 10.1. The van der Waals surface area contributed by atoms with Crippen LogP contribution in [0.3, 0.4) is 0 Å². The highest BCUT2D eigenvalue weighted by Crippen LogP contribution is 2.16. The third-order valence-corrected chi connectivity index (χ3v) is 1.98. The van der Waals surface area contributed by atoms with Gasteiger partial charge in [0.1, 0.15) is 5.76 Å². The first kappa shape index (κ1) is 10.2. The minimum Gasteiger partial charge on any atom is -0.445 e. The number of amides is 1. The first-order chi connectivity index (χ1) is 6.15. The molecule has 0 radical (unpaired) electrons. The van der Waals surface area contributed by atoms with Gasteiger partial charge in [-0.05, 0) is 18.7 Å². The Morgan fingerprint density at radius 2 is 2.31 bits per heavy atom. The Morgan fingerprint density at radius 1 is 1.62 bits per heavy atom. The molecule has 1 aromatic rings. The van der Waals surface area contributed by atoms with E-state index < -0.39 is 0 Å². The zero-order chi connectivity index (χ0) is 9.84. The molecule has 0 spiro atoms. The Balaban J connectivity index is 2.67. The summed E-state index contributed by atoms with van der Waals surface area (Å²) in [4.78, 5) is 12.9. The number of rotatable bonds is 3. The molecular formula is C9H13NO2S. The van der Waals surface area contributed by atoms with Gasteiger partial charge < -0.3 is 4.42 Å². The maximum Gasteiger partial charge on any atom is 0.229 e. The van der Waals surface area contributed by atoms with Crippen molar-refractivity contribution >= 4 is 24.4 Å². The highest BCUT2D eigenvalue weighted by molar-refractivity contribution is 7.80. The van der Waals surface area contributed by atoms with Crippen LogP contribution in [-0.4, -0.2) is 18.7 Å². The molecule has 1 aromatic heterocycles. The summed E-state index contributed by atoms with van der Waals surface area (Å²) < 4.78 is 5.29. The van der Waals surface area contributed by atoms with Crippen molar-refractivity contribution in [1.29, 1.82) is 0 Å². The fourth-order valence-electron chi connectivity index (χ4n) is 0.988. The van der Waals surface area contributed by atoms with E-state index in [4.69, 9.17) is 4.42 Å². The number of hydrogen-bond acceptors (Lipinski definition) is 3. The van der Waals surface area contributed by atoms with E-state index in [1.54, 1.807) is 13.1 Å². The highest BCUT2D eigenvalue weighted by Gasteiger charge is 2.12. The SMILES string of the molecule is Cc1ccc(N(C)C(=O)CCS)o1. The Morgan fingerprint density at radius 3 is 2.77 bits per heavy atom. The molecule has 1 amide bonds. The fourth-order valence-corrected chi connectivity index (χ4v) is 1.18. The van der Waals surface area contributed by atoms with Crippen LogP contribution in [0.15, 0.2) is 16.5 Å². The number of anilines is 1. The summed E-state index contributed by atoms with van der Waals surface area (Å²) in [6, 6.07) is 3.62. The van der Waals surface area contributed by atoms with Gasteiger partial charge in [0.05, 0.1) is 0 Å². The first-order valence-electron chi connectivity index (χ1n) is 4.09. The van der Waals surface area contributed by atoms with Crippen LogP contribution in [0.5, 0.6) is 0 Å². The lowest BCUT2D eigenvalue weighted by atomic mass is 10.4. The fraction of sp³-hybridized carbons (Fsp3) is 0.444. The summed E-state index contributed by atoms with van der Waals surface area (Å²) in [6.45, 7) is 1.85. The molecule has 0 saturated carbocycles. The van der Waals surface area contributed by atoms with E-state index in [1.165, 1.54) is 4.90 Å². The number of carbonyl (C=O) groups excluding carboxylic acids is 1. The number of carbonyl (C=O) groups is 1. The van der Waals surface area contributed by atoms with E-state index in [0.717, 1.165) is 5.76 Å². The molecule has 0 aliphatic heterocycles. The van der Waals surface area contributed by atoms with E-state index in [0.29, 0.717) is 18.1 Å². The average Bonchev–Trinajstić information content (AvgIpc) is 2.51. The number of thiol groups is 1. The second kappa shape index (κ2) is 4.37. The van der Waals surface area contributed by atoms with Crippen molar-refractivity contribution in [3.63, 3.8) is 0 Å². The van der Waals surface area contributed by atoms with E-state index in [9.17, 15) is 4.79 Å². The molecule has 0 aliphatic carbocycles. The van der Waals surface area contributed by atoms with Crippen molar-refractivity contribution in [2.45, 2.75) is 13.3 Å². The smallest absolute Gasteiger partial charge is 0.229 e. The minimum absolute atomic E-state index is 0.0179. The lowest BCUT2D eigenvalue weighted by Crippen LogP contribution is -2.25. The van der Waals surface area contributed by atoms with Crippen LogP contribution in [0.25, 0.3) is 0 Å². The summed E-state index contributed by atoms with van der Waals surface area (Å²) in [5, 5.41) is 0. The maximum atomic E-state index is 11.4. The van der Waals surface area contributed by atoms with Crippen LogP contribution in [0.1, 0.15) is 12.2 Å². The lowest BCUT2D eigenvalue weighted by Gasteiger charge is -2.12. The van der Waals surface area contributed by atoms with Crippen LogP contribution in [0.2, 0.25) is 0 Å². The molecule has 13 heavy (non-hydrogen) atoms. The van der Waals surface area contributed by atoms with E-state index >= 15 is 0 Å². The molecule has 0 N–H and O–H groups in total. The molecule has 0 unspecified atom stereocenters. The predicted octanol–water partition coefficient (Wildman–Crippen LogP) is 1.87. The number of aryl methyl sites for hydroxylation is 1. The molecule has 72 valence electrons. The summed E-state index contributed by atoms with van der Waals surface area (Å²) >= 11 is 3.99. The van der Waals surface area contributed by atoms with Gasteiger partial charge in [0.2, 0.25) is 11.8 Å². The van der Waals surface area contributed by atoms with Crippen molar-refractivity contribution in [1.82, 2.24) is 0 Å². The second-order valence-corrected chi connectivity index (χ2v) is 3.26. The number of furan rings is 1. The van der Waals surface area contributed by atoms with Gasteiger partial charge >= 0.3 is 0 Å². The van der Waals surface area contributed by atoms with Gasteiger partial charge in [-0.15, -0.1) is 0 Å². The Kier molecular flexibility index (Phi) is 3.42. The van der Waals surface area contributed by atoms with Gasteiger partial charge in [-0.1, -0.05) is 0 Å². The highest BCUT2D eigenvalue weighted by atomic mass is 32.1. The number of nitrogens with zero attached hydrogens (tertiary/aromatic N) is 1. The Hall–Kier alpha value is -0.900. The summed E-state index contributed by atoms with van der Waals surface area (Å²) in [6.07, 6.45) is 0.430. The quantitative estimate of drug-likeness (QED) is 0.754. The largest absolute Gasteiger partial charge is 0.445 e. The molecule has 0 bridgehead atoms. The zero-order valence-corrected chi connectivity index (χ0v) is 8.67. The standard InChI is InChI=1S/C9H13NO2S/c1-7-3-4-9(12-7)10(2)8(11)5-6-13/h3-4,13H,5-6H2,1-2H3. The summed E-state index contributed by atoms with van der Waals surface area (Å²) in [7, 11) is 1.70. The van der Waals surface area contributed by atoms with Gasteiger partial charge in [-0.3, -0.25) is 9.69 Å². The molecule has 3 nitrogen and oxygen atoms in total. The van der Waals surface area contributed by atoms with Crippen LogP contribution >= 0.6 is 12.6 Å². The van der Waals surface area contributed by atoms with Crippen molar-refractivity contribution in [3.8, 4) is 0 Å². The topological polar surface area (TPSA) is 33.5 Å². The van der Waals surface area contributed by atoms with E-state index in [2.05, 4.69) is 12.6 Å². The van der Waals surface area contributed by atoms with Crippen molar-refractivity contribution in [2.75, 3.05) is 17.7 Å². The van der Waals surface area contributed by atoms with Crippen molar-refractivity contribution in [2.24, 2.45) is 0 Å². The van der Waals surface area contributed by atoms with Crippen molar-refractivity contribution in [3.05, 3.63) is 17.9 Å². The zero-order valence-electron chi connectivity index (χ0n) is 7.78. The molecule has 0 fully saturated rings. The first-order valence-corrected chi connectivity index (χ1v) is 4.72. The Labute approximate surface area is 83.1 Å². The lowest BCUT2D eigenvalue weighted by molar-refractivity contribution is -0.118. The molecule has 1 rings (SSSR count). The Bertz CT molecular complexity index is 296. The molecule has 4 heteroatoms. The summed E-state index contributed by atoms with van der Waals surface area (Å²) in [5.41, 5.74) is 0. The second-order valence-electron chi connectivity index (χ2n) is 2.81. The van der Waals surface area contributed by atoms with Gasteiger partial charge in [0, 0.05) is 19.5 Å². The average molecular weight is 199 g/mol. The third kappa shape index (κ3) is 2.52. The van der Waals surface area contributed by atoms with Crippen LogP contribution in [-0.2, 0) is 4.79 Å². The van der Waals surface area contributed by atoms with Crippen molar-refractivity contribution < 1.29 is 9.21 Å². The molecular weight excluding hydrogens is 186 g/mol. The van der Waals surface area contributed by atoms with Crippen LogP contribution in [0.4, 0.5) is 5.88 Å². The molecule has 0 aromatic carbocycles. The van der Waals surface area contributed by atoms with Crippen LogP contribution < -0.4 is 4.90 Å². The third-order valence-electron chi connectivity index (χ3n) is 1.76. The molecule has 0 atom stereocenters. The minimum atomic E-state index is 0.0179. The molecule has 1 heterocycles. The van der Waals surface area contributed by atoms with Gasteiger partial charge in [-0.25, -0.2) is 0 Å². The molecule has 0 saturated heterocycles. The number of hydrogen-bond donors (Lipinski definition) is 1. The predicted molar refractivity (Wildman–Crippen MR) is 55.3 cm³/mol. The van der Waals surface area contributed by atoms with Crippen LogP contribution in [0, 0.1) is 6.92 Å². The van der Waals surface area contributed by atoms with Gasteiger partial charge in [0.15, 0.2) is 0 Å². The van der Waals surface area contributed by atoms with E-state index in [1.807, 2.05) is 13.0 Å².